The number of unbranched alkanes of at least 4 members (excludes halogenated alkanes) is 1. The van der Waals surface area contributed by atoms with E-state index in [9.17, 15) is 0 Å². The second-order valence-electron chi connectivity index (χ2n) is 5.64. The number of nitrogens with zero attached hydrogens (tertiary/aromatic N) is 3. The largest absolute Gasteiger partial charge is 0.370 e. The first-order valence-electron chi connectivity index (χ1n) is 7.53. The summed E-state index contributed by atoms with van der Waals surface area (Å²) in [4.78, 5) is 11.6. The Hall–Kier alpha value is -1.32. The Morgan fingerprint density at radius 3 is 2.74 bits per heavy atom. The van der Waals surface area contributed by atoms with Crippen LogP contribution < -0.4 is 10.2 Å². The normalized spacial score (nSPS) is 16.7. The Labute approximate surface area is 116 Å². The maximum absolute atomic E-state index is 4.66. The van der Waals surface area contributed by atoms with Gasteiger partial charge >= 0.3 is 0 Å². The molecule has 0 spiro atoms. The molecule has 2 heterocycles. The number of aromatic nitrogens is 2. The summed E-state index contributed by atoms with van der Waals surface area (Å²) in [6.07, 6.45) is 4.87. The Morgan fingerprint density at radius 1 is 1.32 bits per heavy atom. The van der Waals surface area contributed by atoms with Crippen molar-refractivity contribution < 1.29 is 0 Å². The standard InChI is InChI=1S/C15H26N4/c1-4-5-8-16-14-11-13(3)17-15(18-14)19-9-6-12(2)7-10-19/h11-12H,4-10H2,1-3H3,(H,16,17,18). The van der Waals surface area contributed by atoms with Crippen molar-refractivity contribution in [1.29, 1.82) is 0 Å². The van der Waals surface area contributed by atoms with Gasteiger partial charge in [0.1, 0.15) is 5.82 Å². The number of nitrogens with one attached hydrogen (secondary N) is 1. The van der Waals surface area contributed by atoms with Gasteiger partial charge in [-0.25, -0.2) is 4.98 Å². The molecule has 106 valence electrons. The van der Waals surface area contributed by atoms with Crippen molar-refractivity contribution in [3.8, 4) is 0 Å². The van der Waals surface area contributed by atoms with Gasteiger partial charge in [0.25, 0.3) is 0 Å². The first-order chi connectivity index (χ1) is 9.19. The Bertz CT molecular complexity index is 397. The van der Waals surface area contributed by atoms with E-state index in [1.54, 1.807) is 0 Å². The van der Waals surface area contributed by atoms with Crippen LogP contribution >= 0.6 is 0 Å². The molecule has 0 atom stereocenters. The molecule has 4 nitrogen and oxygen atoms in total. The van der Waals surface area contributed by atoms with E-state index in [1.807, 2.05) is 13.0 Å². The number of anilines is 2. The number of hydrogen-bond donors (Lipinski definition) is 1. The van der Waals surface area contributed by atoms with Crippen LogP contribution in [0.15, 0.2) is 6.07 Å². The molecule has 1 aliphatic rings. The first-order valence-corrected chi connectivity index (χ1v) is 7.53. The zero-order valence-electron chi connectivity index (χ0n) is 12.4. The van der Waals surface area contributed by atoms with Crippen LogP contribution in [0.4, 0.5) is 11.8 Å². The lowest BCUT2D eigenvalue weighted by Crippen LogP contribution is -2.34. The highest BCUT2D eigenvalue weighted by molar-refractivity contribution is 5.43. The average Bonchev–Trinajstić information content (AvgIpc) is 2.39. The number of rotatable bonds is 5. The third-order valence-electron chi connectivity index (χ3n) is 3.75. The molecular weight excluding hydrogens is 236 g/mol. The molecule has 2 rings (SSSR count). The molecule has 0 aromatic carbocycles. The third kappa shape index (κ3) is 4.08. The molecule has 0 radical (unpaired) electrons. The molecule has 19 heavy (non-hydrogen) atoms. The van der Waals surface area contributed by atoms with Gasteiger partial charge in [0, 0.05) is 31.4 Å². The van der Waals surface area contributed by atoms with E-state index in [0.717, 1.165) is 43.0 Å². The van der Waals surface area contributed by atoms with E-state index in [4.69, 9.17) is 0 Å². The summed E-state index contributed by atoms with van der Waals surface area (Å²) in [5.74, 6) is 2.70. The van der Waals surface area contributed by atoms with Crippen LogP contribution in [0.5, 0.6) is 0 Å². The van der Waals surface area contributed by atoms with Gasteiger partial charge in [-0.3, -0.25) is 0 Å². The van der Waals surface area contributed by atoms with Gasteiger partial charge in [0.15, 0.2) is 0 Å². The fourth-order valence-electron chi connectivity index (χ4n) is 2.39. The van der Waals surface area contributed by atoms with Crippen molar-refractivity contribution in [3.05, 3.63) is 11.8 Å². The second-order valence-corrected chi connectivity index (χ2v) is 5.64. The zero-order chi connectivity index (χ0) is 13.7. The summed E-state index contributed by atoms with van der Waals surface area (Å²) in [5.41, 5.74) is 1.04. The van der Waals surface area contributed by atoms with Crippen LogP contribution in [0.25, 0.3) is 0 Å². The molecule has 1 fully saturated rings. The zero-order valence-corrected chi connectivity index (χ0v) is 12.4. The maximum atomic E-state index is 4.66. The Morgan fingerprint density at radius 2 is 2.05 bits per heavy atom. The summed E-state index contributed by atoms with van der Waals surface area (Å²) < 4.78 is 0. The van der Waals surface area contributed by atoms with E-state index < -0.39 is 0 Å². The van der Waals surface area contributed by atoms with Crippen molar-refractivity contribution in [3.63, 3.8) is 0 Å². The first kappa shape index (κ1) is 14.1. The van der Waals surface area contributed by atoms with E-state index in [2.05, 4.69) is 34.0 Å². The lowest BCUT2D eigenvalue weighted by molar-refractivity contribution is 0.434. The highest BCUT2D eigenvalue weighted by Gasteiger charge is 2.18. The molecule has 0 aliphatic carbocycles. The van der Waals surface area contributed by atoms with Crippen molar-refractivity contribution in [2.45, 2.75) is 46.5 Å². The molecule has 1 saturated heterocycles. The molecule has 1 aromatic heterocycles. The molecule has 0 saturated carbocycles. The van der Waals surface area contributed by atoms with Crippen LogP contribution in [0, 0.1) is 12.8 Å². The molecule has 0 unspecified atom stereocenters. The second kappa shape index (κ2) is 6.73. The topological polar surface area (TPSA) is 41.1 Å². The minimum Gasteiger partial charge on any atom is -0.370 e. The fourth-order valence-corrected chi connectivity index (χ4v) is 2.39. The van der Waals surface area contributed by atoms with Crippen LogP contribution in [0.2, 0.25) is 0 Å². The Kier molecular flexibility index (Phi) is 5.00. The third-order valence-corrected chi connectivity index (χ3v) is 3.75. The van der Waals surface area contributed by atoms with Gasteiger partial charge in [-0.1, -0.05) is 20.3 Å². The molecule has 1 aliphatic heterocycles. The summed E-state index contributed by atoms with van der Waals surface area (Å²) in [6.45, 7) is 9.73. The number of piperidine rings is 1. The number of hydrogen-bond acceptors (Lipinski definition) is 4. The van der Waals surface area contributed by atoms with Gasteiger partial charge < -0.3 is 10.2 Å². The van der Waals surface area contributed by atoms with Crippen LogP contribution in [-0.4, -0.2) is 29.6 Å². The number of aryl methyl sites for hydroxylation is 1. The minimum absolute atomic E-state index is 0.836. The van der Waals surface area contributed by atoms with Crippen LogP contribution in [0.1, 0.15) is 45.2 Å². The quantitative estimate of drug-likeness (QED) is 0.827. The van der Waals surface area contributed by atoms with Gasteiger partial charge in [-0.05, 0) is 32.1 Å². The van der Waals surface area contributed by atoms with Crippen molar-refractivity contribution in [2.75, 3.05) is 29.9 Å². The summed E-state index contributed by atoms with van der Waals surface area (Å²) in [7, 11) is 0. The highest BCUT2D eigenvalue weighted by atomic mass is 15.3. The molecule has 4 heteroatoms. The minimum atomic E-state index is 0.836. The monoisotopic (exact) mass is 262 g/mol. The summed E-state index contributed by atoms with van der Waals surface area (Å²) >= 11 is 0. The predicted octanol–water partition coefficient (Wildman–Crippen LogP) is 3.23. The molecule has 1 N–H and O–H groups in total. The smallest absolute Gasteiger partial charge is 0.227 e. The van der Waals surface area contributed by atoms with Crippen molar-refractivity contribution >= 4 is 11.8 Å². The predicted molar refractivity (Wildman–Crippen MR) is 80.8 cm³/mol. The SMILES string of the molecule is CCCCNc1cc(C)nc(N2CCC(C)CC2)n1. The maximum Gasteiger partial charge on any atom is 0.227 e. The molecular formula is C15H26N4. The fraction of sp³-hybridized carbons (Fsp3) is 0.733. The van der Waals surface area contributed by atoms with E-state index in [-0.39, 0.29) is 0 Å². The molecule has 0 bridgehead atoms. The lowest BCUT2D eigenvalue weighted by atomic mass is 10.00. The van der Waals surface area contributed by atoms with E-state index >= 15 is 0 Å². The van der Waals surface area contributed by atoms with Crippen molar-refractivity contribution in [1.82, 2.24) is 9.97 Å². The van der Waals surface area contributed by atoms with Gasteiger partial charge in [-0.15, -0.1) is 0 Å². The van der Waals surface area contributed by atoms with Gasteiger partial charge in [0.2, 0.25) is 5.95 Å². The summed E-state index contributed by atoms with van der Waals surface area (Å²) in [6, 6.07) is 2.03. The molecule has 0 amide bonds. The van der Waals surface area contributed by atoms with Crippen LogP contribution in [0.3, 0.4) is 0 Å². The average molecular weight is 262 g/mol. The lowest BCUT2D eigenvalue weighted by Gasteiger charge is -2.30. The Balaban J connectivity index is 2.03. The van der Waals surface area contributed by atoms with Gasteiger partial charge in [-0.2, -0.15) is 4.98 Å². The molecule has 1 aromatic rings. The summed E-state index contributed by atoms with van der Waals surface area (Å²) in [5, 5.41) is 3.40. The van der Waals surface area contributed by atoms with Crippen molar-refractivity contribution in [2.24, 2.45) is 5.92 Å². The van der Waals surface area contributed by atoms with Crippen LogP contribution in [-0.2, 0) is 0 Å². The van der Waals surface area contributed by atoms with E-state index in [0.29, 0.717) is 0 Å². The van der Waals surface area contributed by atoms with Gasteiger partial charge in [0.05, 0.1) is 0 Å². The highest BCUT2D eigenvalue weighted by Crippen LogP contribution is 2.21. The van der Waals surface area contributed by atoms with E-state index in [1.165, 1.54) is 25.7 Å².